The fraction of sp³-hybridized carbons (Fsp3) is 0.533. The first-order chi connectivity index (χ1) is 8.18. The second-order valence-electron chi connectivity index (χ2n) is 5.19. The number of benzene rings is 1. The van der Waals surface area contributed by atoms with Gasteiger partial charge < -0.3 is 5.73 Å². The molecule has 0 saturated heterocycles. The first-order valence-electron chi connectivity index (χ1n) is 6.54. The Balaban J connectivity index is 2.25. The van der Waals surface area contributed by atoms with Crippen LogP contribution in [0.25, 0.3) is 0 Å². The third-order valence-corrected chi connectivity index (χ3v) is 4.08. The third kappa shape index (κ3) is 3.06. The largest absolute Gasteiger partial charge is 0.393 e. The predicted molar refractivity (Wildman–Crippen MR) is 77.3 cm³/mol. The lowest BCUT2D eigenvalue weighted by Gasteiger charge is -2.30. The minimum Gasteiger partial charge on any atom is -0.393 e. The molecule has 0 radical (unpaired) electrons. The predicted octanol–water partition coefficient (Wildman–Crippen LogP) is 3.95. The van der Waals surface area contributed by atoms with Crippen molar-refractivity contribution in [2.45, 2.75) is 44.9 Å². The quantitative estimate of drug-likeness (QED) is 0.819. The summed E-state index contributed by atoms with van der Waals surface area (Å²) in [7, 11) is 0. The Morgan fingerprint density at radius 2 is 2.00 bits per heavy atom. The molecule has 1 aromatic carbocycles. The molecule has 1 atom stereocenters. The Labute approximate surface area is 109 Å². The van der Waals surface area contributed by atoms with Gasteiger partial charge in [0.05, 0.1) is 4.99 Å². The van der Waals surface area contributed by atoms with Gasteiger partial charge in [-0.05, 0) is 31.2 Å². The Hall–Kier alpha value is -0.890. The molecule has 0 bridgehead atoms. The highest BCUT2D eigenvalue weighted by Gasteiger charge is 2.27. The van der Waals surface area contributed by atoms with Gasteiger partial charge >= 0.3 is 0 Å². The van der Waals surface area contributed by atoms with E-state index in [1.165, 1.54) is 43.2 Å². The van der Waals surface area contributed by atoms with Crippen LogP contribution in [0.15, 0.2) is 24.3 Å². The lowest BCUT2D eigenvalue weighted by molar-refractivity contribution is 0.342. The fourth-order valence-electron chi connectivity index (χ4n) is 3.00. The van der Waals surface area contributed by atoms with Crippen molar-refractivity contribution >= 4 is 17.2 Å². The lowest BCUT2D eigenvalue weighted by Crippen LogP contribution is -2.28. The SMILES string of the molecule is Cc1cccc(C(C(N)=S)C2CCCCC2)c1. The zero-order chi connectivity index (χ0) is 12.3. The fourth-order valence-corrected chi connectivity index (χ4v) is 3.33. The molecule has 0 amide bonds. The van der Waals surface area contributed by atoms with Crippen molar-refractivity contribution in [3.05, 3.63) is 35.4 Å². The number of aryl methyl sites for hydroxylation is 1. The normalized spacial score (nSPS) is 18.9. The molecule has 2 heteroatoms. The van der Waals surface area contributed by atoms with Gasteiger partial charge in [0.15, 0.2) is 0 Å². The first-order valence-corrected chi connectivity index (χ1v) is 6.95. The molecule has 0 aliphatic heterocycles. The van der Waals surface area contributed by atoms with Crippen molar-refractivity contribution < 1.29 is 0 Å². The Morgan fingerprint density at radius 3 is 2.59 bits per heavy atom. The number of rotatable bonds is 3. The standard InChI is InChI=1S/C15H21NS/c1-11-6-5-9-13(10-11)14(15(16)17)12-7-3-2-4-8-12/h5-6,9-10,12,14H,2-4,7-8H2,1H3,(H2,16,17). The van der Waals surface area contributed by atoms with Crippen LogP contribution < -0.4 is 5.73 Å². The molecular weight excluding hydrogens is 226 g/mol. The van der Waals surface area contributed by atoms with Gasteiger partial charge in [-0.2, -0.15) is 0 Å². The molecule has 0 spiro atoms. The first kappa shape index (κ1) is 12.6. The van der Waals surface area contributed by atoms with Gasteiger partial charge in [0.1, 0.15) is 0 Å². The smallest absolute Gasteiger partial charge is 0.0806 e. The van der Waals surface area contributed by atoms with Crippen LogP contribution in [-0.4, -0.2) is 4.99 Å². The molecule has 1 saturated carbocycles. The van der Waals surface area contributed by atoms with E-state index in [1.807, 2.05) is 0 Å². The number of nitrogens with two attached hydrogens (primary N) is 1. The van der Waals surface area contributed by atoms with Crippen LogP contribution in [0.3, 0.4) is 0 Å². The summed E-state index contributed by atoms with van der Waals surface area (Å²) in [5.74, 6) is 0.938. The van der Waals surface area contributed by atoms with Crippen LogP contribution >= 0.6 is 12.2 Å². The van der Waals surface area contributed by atoms with E-state index in [4.69, 9.17) is 18.0 Å². The van der Waals surface area contributed by atoms with Crippen molar-refractivity contribution in [2.75, 3.05) is 0 Å². The minimum absolute atomic E-state index is 0.283. The average Bonchev–Trinajstić information content (AvgIpc) is 2.30. The summed E-state index contributed by atoms with van der Waals surface area (Å²) in [4.78, 5) is 0.669. The van der Waals surface area contributed by atoms with Crippen LogP contribution in [-0.2, 0) is 0 Å². The van der Waals surface area contributed by atoms with Crippen molar-refractivity contribution in [3.8, 4) is 0 Å². The molecule has 1 fully saturated rings. The maximum atomic E-state index is 5.98. The van der Waals surface area contributed by atoms with E-state index in [-0.39, 0.29) is 5.92 Å². The van der Waals surface area contributed by atoms with Crippen molar-refractivity contribution in [3.63, 3.8) is 0 Å². The van der Waals surface area contributed by atoms with Gasteiger partial charge in [0.2, 0.25) is 0 Å². The van der Waals surface area contributed by atoms with E-state index in [1.54, 1.807) is 0 Å². The summed E-state index contributed by atoms with van der Waals surface area (Å²) in [5.41, 5.74) is 8.58. The highest BCUT2D eigenvalue weighted by atomic mass is 32.1. The third-order valence-electron chi connectivity index (χ3n) is 3.83. The number of hydrogen-bond acceptors (Lipinski definition) is 1. The van der Waals surface area contributed by atoms with Crippen molar-refractivity contribution in [2.24, 2.45) is 11.7 Å². The van der Waals surface area contributed by atoms with E-state index in [9.17, 15) is 0 Å². The summed E-state index contributed by atoms with van der Waals surface area (Å²) < 4.78 is 0. The Kier molecular flexibility index (Phi) is 4.16. The lowest BCUT2D eigenvalue weighted by atomic mass is 9.76. The molecular formula is C15H21NS. The van der Waals surface area contributed by atoms with Crippen LogP contribution in [0.4, 0.5) is 0 Å². The molecule has 1 aromatic rings. The molecule has 1 nitrogen and oxygen atoms in total. The highest BCUT2D eigenvalue weighted by molar-refractivity contribution is 7.80. The highest BCUT2D eigenvalue weighted by Crippen LogP contribution is 2.36. The van der Waals surface area contributed by atoms with Gasteiger partial charge in [0, 0.05) is 5.92 Å². The summed E-state index contributed by atoms with van der Waals surface area (Å²) in [6.07, 6.45) is 6.57. The number of hydrogen-bond donors (Lipinski definition) is 1. The van der Waals surface area contributed by atoms with Crippen LogP contribution in [0, 0.1) is 12.8 Å². The van der Waals surface area contributed by atoms with Gasteiger partial charge in [0.25, 0.3) is 0 Å². The van der Waals surface area contributed by atoms with E-state index in [2.05, 4.69) is 31.2 Å². The summed E-state index contributed by atoms with van der Waals surface area (Å²) in [5, 5.41) is 0. The number of thiocarbonyl (C=S) groups is 1. The molecule has 2 N–H and O–H groups in total. The molecule has 0 aromatic heterocycles. The monoisotopic (exact) mass is 247 g/mol. The van der Waals surface area contributed by atoms with Crippen LogP contribution in [0.1, 0.15) is 49.1 Å². The van der Waals surface area contributed by atoms with E-state index >= 15 is 0 Å². The zero-order valence-corrected chi connectivity index (χ0v) is 11.3. The molecule has 1 unspecified atom stereocenters. The topological polar surface area (TPSA) is 26.0 Å². The van der Waals surface area contributed by atoms with Gasteiger partial charge in [-0.3, -0.25) is 0 Å². The molecule has 1 aliphatic carbocycles. The second kappa shape index (κ2) is 5.63. The minimum atomic E-state index is 0.283. The summed E-state index contributed by atoms with van der Waals surface area (Å²) >= 11 is 5.30. The second-order valence-corrected chi connectivity index (χ2v) is 5.66. The van der Waals surface area contributed by atoms with Crippen molar-refractivity contribution in [1.29, 1.82) is 0 Å². The van der Waals surface area contributed by atoms with Gasteiger partial charge in [-0.1, -0.05) is 61.3 Å². The molecule has 17 heavy (non-hydrogen) atoms. The Morgan fingerprint density at radius 1 is 1.29 bits per heavy atom. The van der Waals surface area contributed by atoms with Crippen LogP contribution in [0.5, 0.6) is 0 Å². The maximum absolute atomic E-state index is 5.98. The molecule has 0 heterocycles. The van der Waals surface area contributed by atoms with Crippen molar-refractivity contribution in [1.82, 2.24) is 0 Å². The summed E-state index contributed by atoms with van der Waals surface area (Å²) in [6.45, 7) is 2.13. The molecule has 92 valence electrons. The Bertz CT molecular complexity index is 394. The molecule has 2 rings (SSSR count). The maximum Gasteiger partial charge on any atom is 0.0806 e. The van der Waals surface area contributed by atoms with Crippen LogP contribution in [0.2, 0.25) is 0 Å². The zero-order valence-electron chi connectivity index (χ0n) is 10.5. The van der Waals surface area contributed by atoms with E-state index in [0.29, 0.717) is 10.9 Å². The average molecular weight is 247 g/mol. The van der Waals surface area contributed by atoms with E-state index in [0.717, 1.165) is 0 Å². The summed E-state index contributed by atoms with van der Waals surface area (Å²) in [6, 6.07) is 8.64. The van der Waals surface area contributed by atoms with E-state index < -0.39 is 0 Å². The molecule has 1 aliphatic rings. The van der Waals surface area contributed by atoms with Gasteiger partial charge in [-0.25, -0.2) is 0 Å². The van der Waals surface area contributed by atoms with Gasteiger partial charge in [-0.15, -0.1) is 0 Å².